The zero-order valence-electron chi connectivity index (χ0n) is 12.8. The largest absolute Gasteiger partial charge is 0.391 e. The van der Waals surface area contributed by atoms with Crippen molar-refractivity contribution in [3.63, 3.8) is 0 Å². The van der Waals surface area contributed by atoms with E-state index in [-0.39, 0.29) is 11.8 Å². The van der Waals surface area contributed by atoms with Gasteiger partial charge in [0.1, 0.15) is 0 Å². The van der Waals surface area contributed by atoms with Gasteiger partial charge in [0.2, 0.25) is 0 Å². The van der Waals surface area contributed by atoms with E-state index in [1.165, 1.54) is 5.56 Å². The van der Waals surface area contributed by atoms with Crippen LogP contribution in [-0.4, -0.2) is 16.7 Å². The van der Waals surface area contributed by atoms with Crippen LogP contribution in [0.15, 0.2) is 30.3 Å². The Hall–Kier alpha value is -0.860. The first-order valence-electron chi connectivity index (χ1n) is 7.46. The molecule has 1 unspecified atom stereocenters. The number of hydrogen-bond donors (Lipinski definition) is 2. The molecule has 0 aliphatic carbocycles. The quantitative estimate of drug-likeness (QED) is 0.788. The second-order valence-electron chi connectivity index (χ2n) is 5.94. The van der Waals surface area contributed by atoms with Crippen molar-refractivity contribution < 1.29 is 5.11 Å². The van der Waals surface area contributed by atoms with Crippen molar-refractivity contribution in [3.05, 3.63) is 35.9 Å². The first-order valence-corrected chi connectivity index (χ1v) is 7.46. The molecule has 0 amide bonds. The zero-order valence-corrected chi connectivity index (χ0v) is 12.8. The topological polar surface area (TPSA) is 46.2 Å². The molecule has 0 saturated heterocycles. The summed E-state index contributed by atoms with van der Waals surface area (Å²) in [7, 11) is 0. The summed E-state index contributed by atoms with van der Waals surface area (Å²) in [4.78, 5) is 0. The van der Waals surface area contributed by atoms with Crippen molar-refractivity contribution in [2.45, 2.75) is 64.5 Å². The van der Waals surface area contributed by atoms with Crippen molar-refractivity contribution >= 4 is 0 Å². The van der Waals surface area contributed by atoms with E-state index < -0.39 is 11.6 Å². The van der Waals surface area contributed by atoms with Gasteiger partial charge in [-0.2, -0.15) is 0 Å². The summed E-state index contributed by atoms with van der Waals surface area (Å²) >= 11 is 0. The van der Waals surface area contributed by atoms with Gasteiger partial charge >= 0.3 is 0 Å². The number of hydrogen-bond acceptors (Lipinski definition) is 2. The lowest BCUT2D eigenvalue weighted by atomic mass is 9.68. The van der Waals surface area contributed by atoms with Crippen molar-refractivity contribution in [3.8, 4) is 0 Å². The summed E-state index contributed by atoms with van der Waals surface area (Å²) in [5.74, 6) is 0.434. The zero-order chi connectivity index (χ0) is 14.5. The fourth-order valence-corrected chi connectivity index (χ4v) is 2.97. The molecule has 0 fully saturated rings. The summed E-state index contributed by atoms with van der Waals surface area (Å²) in [5, 5.41) is 10.2. The maximum atomic E-state index is 10.2. The van der Waals surface area contributed by atoms with Crippen LogP contribution in [-0.2, 0) is 0 Å². The Morgan fingerprint density at radius 3 is 2.16 bits per heavy atom. The van der Waals surface area contributed by atoms with Gasteiger partial charge in [0.25, 0.3) is 0 Å². The van der Waals surface area contributed by atoms with E-state index in [1.807, 2.05) is 13.0 Å². The SMILES string of the molecule is CCCCC(c1ccccc1)[C@@](N)(C(C)C)[C@H](C)O. The Morgan fingerprint density at radius 2 is 1.74 bits per heavy atom. The van der Waals surface area contributed by atoms with Crippen molar-refractivity contribution in [1.82, 2.24) is 0 Å². The third-order valence-electron chi connectivity index (χ3n) is 4.38. The number of nitrogens with two attached hydrogens (primary N) is 1. The van der Waals surface area contributed by atoms with Crippen LogP contribution in [0.2, 0.25) is 0 Å². The van der Waals surface area contributed by atoms with Gasteiger partial charge in [0.05, 0.1) is 11.6 Å². The van der Waals surface area contributed by atoms with Crippen LogP contribution >= 0.6 is 0 Å². The molecule has 1 aromatic carbocycles. The average molecular weight is 263 g/mol. The minimum absolute atomic E-state index is 0.202. The molecule has 2 nitrogen and oxygen atoms in total. The Balaban J connectivity index is 3.14. The third-order valence-corrected chi connectivity index (χ3v) is 4.38. The van der Waals surface area contributed by atoms with E-state index in [0.717, 1.165) is 19.3 Å². The maximum Gasteiger partial charge on any atom is 0.0700 e. The van der Waals surface area contributed by atoms with Crippen LogP contribution in [0.5, 0.6) is 0 Å². The molecule has 108 valence electrons. The fraction of sp³-hybridized carbons (Fsp3) is 0.647. The Morgan fingerprint density at radius 1 is 1.16 bits per heavy atom. The summed E-state index contributed by atoms with van der Waals surface area (Å²) in [6.45, 7) is 8.23. The van der Waals surface area contributed by atoms with Gasteiger partial charge in [0.15, 0.2) is 0 Å². The first-order chi connectivity index (χ1) is 8.94. The molecule has 0 spiro atoms. The van der Waals surface area contributed by atoms with E-state index in [1.54, 1.807) is 0 Å². The monoisotopic (exact) mass is 263 g/mol. The van der Waals surface area contributed by atoms with Crippen LogP contribution in [0.25, 0.3) is 0 Å². The predicted molar refractivity (Wildman–Crippen MR) is 82.1 cm³/mol. The highest BCUT2D eigenvalue weighted by molar-refractivity contribution is 5.25. The molecule has 19 heavy (non-hydrogen) atoms. The molecule has 3 N–H and O–H groups in total. The second-order valence-corrected chi connectivity index (χ2v) is 5.94. The summed E-state index contributed by atoms with van der Waals surface area (Å²) < 4.78 is 0. The second kappa shape index (κ2) is 7.06. The number of benzene rings is 1. The van der Waals surface area contributed by atoms with E-state index in [2.05, 4.69) is 45.0 Å². The summed E-state index contributed by atoms with van der Waals surface area (Å²) in [6.07, 6.45) is 2.80. The fourth-order valence-electron chi connectivity index (χ4n) is 2.97. The number of rotatable bonds is 7. The number of aliphatic hydroxyl groups excluding tert-OH is 1. The van der Waals surface area contributed by atoms with E-state index >= 15 is 0 Å². The average Bonchev–Trinajstić information content (AvgIpc) is 2.39. The Kier molecular flexibility index (Phi) is 6.02. The molecule has 0 aliphatic rings. The van der Waals surface area contributed by atoms with Crippen LogP contribution in [0, 0.1) is 5.92 Å². The molecule has 0 heterocycles. The minimum atomic E-state index is -0.573. The van der Waals surface area contributed by atoms with Gasteiger partial charge in [-0.25, -0.2) is 0 Å². The molecular formula is C17H29NO. The Labute approximate surface area is 118 Å². The molecule has 0 saturated carbocycles. The highest BCUT2D eigenvalue weighted by Crippen LogP contribution is 2.38. The standard InChI is InChI=1S/C17H29NO/c1-5-6-12-16(15-10-8-7-9-11-15)17(18,13(2)3)14(4)19/h7-11,13-14,16,19H,5-6,12,18H2,1-4H3/t14-,16?,17+/m0/s1. The smallest absolute Gasteiger partial charge is 0.0700 e. The molecular weight excluding hydrogens is 234 g/mol. The molecule has 3 atom stereocenters. The van der Waals surface area contributed by atoms with Gasteiger partial charge in [-0.05, 0) is 24.8 Å². The maximum absolute atomic E-state index is 10.2. The highest BCUT2D eigenvalue weighted by Gasteiger charge is 2.42. The van der Waals surface area contributed by atoms with Crippen molar-refractivity contribution in [2.75, 3.05) is 0 Å². The number of unbranched alkanes of at least 4 members (excludes halogenated alkanes) is 1. The molecule has 0 bridgehead atoms. The molecule has 2 heteroatoms. The Bertz CT molecular complexity index is 351. The highest BCUT2D eigenvalue weighted by atomic mass is 16.3. The van der Waals surface area contributed by atoms with Gasteiger partial charge in [-0.1, -0.05) is 63.9 Å². The van der Waals surface area contributed by atoms with E-state index in [0.29, 0.717) is 0 Å². The van der Waals surface area contributed by atoms with Crippen LogP contribution in [0.3, 0.4) is 0 Å². The first kappa shape index (κ1) is 16.2. The van der Waals surface area contributed by atoms with Gasteiger partial charge in [0, 0.05) is 5.92 Å². The van der Waals surface area contributed by atoms with Crippen LogP contribution < -0.4 is 5.73 Å². The number of aliphatic hydroxyl groups is 1. The lowest BCUT2D eigenvalue weighted by molar-refractivity contribution is 0.0470. The minimum Gasteiger partial charge on any atom is -0.391 e. The molecule has 0 aliphatic heterocycles. The molecule has 1 aromatic rings. The normalized spacial score (nSPS) is 18.1. The van der Waals surface area contributed by atoms with Gasteiger partial charge in [-0.3, -0.25) is 0 Å². The molecule has 0 radical (unpaired) electrons. The lowest BCUT2D eigenvalue weighted by Gasteiger charge is -2.44. The summed E-state index contributed by atoms with van der Waals surface area (Å²) in [6, 6.07) is 10.4. The predicted octanol–water partition coefficient (Wildman–Crippen LogP) is 3.69. The summed E-state index contributed by atoms with van der Waals surface area (Å²) in [5.41, 5.74) is 7.32. The third kappa shape index (κ3) is 3.58. The van der Waals surface area contributed by atoms with E-state index in [9.17, 15) is 5.11 Å². The van der Waals surface area contributed by atoms with Crippen molar-refractivity contribution in [2.24, 2.45) is 11.7 Å². The molecule has 0 aromatic heterocycles. The van der Waals surface area contributed by atoms with Crippen LogP contribution in [0.4, 0.5) is 0 Å². The lowest BCUT2D eigenvalue weighted by Crippen LogP contribution is -2.58. The van der Waals surface area contributed by atoms with E-state index in [4.69, 9.17) is 5.73 Å². The molecule has 1 rings (SSSR count). The van der Waals surface area contributed by atoms with Gasteiger partial charge < -0.3 is 10.8 Å². The van der Waals surface area contributed by atoms with Crippen LogP contribution in [0.1, 0.15) is 58.4 Å². The van der Waals surface area contributed by atoms with Crippen molar-refractivity contribution in [1.29, 1.82) is 0 Å². The van der Waals surface area contributed by atoms with Gasteiger partial charge in [-0.15, -0.1) is 0 Å².